The van der Waals surface area contributed by atoms with E-state index in [4.69, 9.17) is 0 Å². The number of hydrogen-bond acceptors (Lipinski definition) is 1. The number of rotatable bonds is 4. The van der Waals surface area contributed by atoms with Crippen LogP contribution < -0.4 is 5.32 Å². The van der Waals surface area contributed by atoms with E-state index in [2.05, 4.69) is 43.8 Å². The van der Waals surface area contributed by atoms with Crippen molar-refractivity contribution in [3.63, 3.8) is 0 Å². The summed E-state index contributed by atoms with van der Waals surface area (Å²) >= 11 is 5.65. The van der Waals surface area contributed by atoms with Gasteiger partial charge in [-0.15, -0.1) is 0 Å². The van der Waals surface area contributed by atoms with Crippen molar-refractivity contribution in [2.75, 3.05) is 6.54 Å². The molecule has 1 nitrogen and oxygen atoms in total. The molecule has 5 heteroatoms. The molecule has 1 atom stereocenters. The molecule has 2 rings (SSSR count). The standard InChI is InChI=1S/C15H13BrF2IN/c1-2-20-15(11-5-4-10(17)8-13(11)18)12-7-9(16)3-6-14(12)19/h3-8,15,20H,2H2,1H3. The molecule has 0 radical (unpaired) electrons. The molecule has 0 aliphatic carbocycles. The molecule has 0 saturated carbocycles. The van der Waals surface area contributed by atoms with Gasteiger partial charge in [0.2, 0.25) is 0 Å². The fourth-order valence-electron chi connectivity index (χ4n) is 2.06. The van der Waals surface area contributed by atoms with Crippen molar-refractivity contribution in [1.82, 2.24) is 5.32 Å². The van der Waals surface area contributed by atoms with Crippen molar-refractivity contribution < 1.29 is 8.78 Å². The van der Waals surface area contributed by atoms with Gasteiger partial charge in [-0.2, -0.15) is 0 Å². The molecule has 20 heavy (non-hydrogen) atoms. The molecule has 0 aromatic heterocycles. The maximum absolute atomic E-state index is 14.0. The van der Waals surface area contributed by atoms with Crippen molar-refractivity contribution in [1.29, 1.82) is 0 Å². The maximum atomic E-state index is 14.0. The molecule has 106 valence electrons. The van der Waals surface area contributed by atoms with E-state index in [1.54, 1.807) is 0 Å². The van der Waals surface area contributed by atoms with E-state index < -0.39 is 11.6 Å². The van der Waals surface area contributed by atoms with Crippen molar-refractivity contribution >= 4 is 38.5 Å². The van der Waals surface area contributed by atoms with Gasteiger partial charge in [-0.25, -0.2) is 8.78 Å². The second-order valence-electron chi connectivity index (χ2n) is 4.32. The first-order valence-corrected chi connectivity index (χ1v) is 8.03. The summed E-state index contributed by atoms with van der Waals surface area (Å²) in [7, 11) is 0. The summed E-state index contributed by atoms with van der Waals surface area (Å²) in [6, 6.07) is 9.26. The molecule has 2 aromatic carbocycles. The Balaban J connectivity index is 2.53. The SMILES string of the molecule is CCNC(c1ccc(F)cc1F)c1cc(Br)ccc1I. The van der Waals surface area contributed by atoms with Crippen LogP contribution in [0.3, 0.4) is 0 Å². The van der Waals surface area contributed by atoms with Gasteiger partial charge >= 0.3 is 0 Å². The van der Waals surface area contributed by atoms with Crippen LogP contribution in [-0.2, 0) is 0 Å². The van der Waals surface area contributed by atoms with E-state index in [-0.39, 0.29) is 6.04 Å². The molecule has 0 saturated heterocycles. The van der Waals surface area contributed by atoms with Gasteiger partial charge in [0, 0.05) is 19.7 Å². The fraction of sp³-hybridized carbons (Fsp3) is 0.200. The largest absolute Gasteiger partial charge is 0.306 e. The van der Waals surface area contributed by atoms with Crippen molar-refractivity contribution in [3.05, 3.63) is 67.2 Å². The first-order chi connectivity index (χ1) is 9.52. The molecule has 0 spiro atoms. The predicted molar refractivity (Wildman–Crippen MR) is 88.7 cm³/mol. The lowest BCUT2D eigenvalue weighted by Gasteiger charge is -2.21. The molecule has 0 amide bonds. The summed E-state index contributed by atoms with van der Waals surface area (Å²) in [4.78, 5) is 0. The number of nitrogens with one attached hydrogen (secondary N) is 1. The second kappa shape index (κ2) is 6.95. The quantitative estimate of drug-likeness (QED) is 0.643. The van der Waals surface area contributed by atoms with E-state index in [0.29, 0.717) is 12.1 Å². The Hall–Kier alpha value is -0.530. The number of benzene rings is 2. The zero-order valence-corrected chi connectivity index (χ0v) is 14.5. The van der Waals surface area contributed by atoms with E-state index in [0.717, 1.165) is 19.7 Å². The molecule has 0 aliphatic heterocycles. The summed E-state index contributed by atoms with van der Waals surface area (Å²) in [5.74, 6) is -1.10. The third kappa shape index (κ3) is 3.56. The van der Waals surface area contributed by atoms with Gasteiger partial charge in [-0.1, -0.05) is 28.9 Å². The molecule has 1 N–H and O–H groups in total. The topological polar surface area (TPSA) is 12.0 Å². The summed E-state index contributed by atoms with van der Waals surface area (Å²) in [5, 5.41) is 3.26. The lowest BCUT2D eigenvalue weighted by Crippen LogP contribution is -2.24. The second-order valence-corrected chi connectivity index (χ2v) is 6.40. The first-order valence-electron chi connectivity index (χ1n) is 6.16. The molecule has 0 fully saturated rings. The summed E-state index contributed by atoms with van der Waals surface area (Å²) in [6.07, 6.45) is 0. The van der Waals surface area contributed by atoms with Crippen LogP contribution in [-0.4, -0.2) is 6.54 Å². The monoisotopic (exact) mass is 451 g/mol. The van der Waals surface area contributed by atoms with Gasteiger partial charge in [0.25, 0.3) is 0 Å². The normalized spacial score (nSPS) is 12.4. The van der Waals surface area contributed by atoms with Crippen LogP contribution in [0, 0.1) is 15.2 Å². The number of hydrogen-bond donors (Lipinski definition) is 1. The third-order valence-corrected chi connectivity index (χ3v) is 4.43. The van der Waals surface area contributed by atoms with Crippen LogP contribution in [0.25, 0.3) is 0 Å². The summed E-state index contributed by atoms with van der Waals surface area (Å²) in [5.41, 5.74) is 1.41. The Morgan fingerprint density at radius 1 is 1.15 bits per heavy atom. The van der Waals surface area contributed by atoms with Crippen LogP contribution in [0.4, 0.5) is 8.78 Å². The van der Waals surface area contributed by atoms with Gasteiger partial charge < -0.3 is 5.32 Å². The minimum absolute atomic E-state index is 0.301. The molecule has 0 aliphatic rings. The van der Waals surface area contributed by atoms with Crippen LogP contribution in [0.2, 0.25) is 0 Å². The Kier molecular flexibility index (Phi) is 5.51. The van der Waals surface area contributed by atoms with Crippen LogP contribution in [0.1, 0.15) is 24.1 Å². The fourth-order valence-corrected chi connectivity index (χ4v) is 3.09. The third-order valence-electron chi connectivity index (χ3n) is 2.95. The highest BCUT2D eigenvalue weighted by atomic mass is 127. The lowest BCUT2D eigenvalue weighted by molar-refractivity contribution is 0.540. The van der Waals surface area contributed by atoms with Gasteiger partial charge in [0.1, 0.15) is 11.6 Å². The highest BCUT2D eigenvalue weighted by Gasteiger charge is 2.20. The predicted octanol–water partition coefficient (Wildman–Crippen LogP) is 5.03. The number of halogens is 4. The minimum atomic E-state index is -0.564. The minimum Gasteiger partial charge on any atom is -0.306 e. The van der Waals surface area contributed by atoms with E-state index >= 15 is 0 Å². The molecule has 0 heterocycles. The average molecular weight is 452 g/mol. The lowest BCUT2D eigenvalue weighted by atomic mass is 9.98. The van der Waals surface area contributed by atoms with Crippen LogP contribution >= 0.6 is 38.5 Å². The Bertz CT molecular complexity index is 619. The molecule has 2 aromatic rings. The highest BCUT2D eigenvalue weighted by molar-refractivity contribution is 14.1. The van der Waals surface area contributed by atoms with Gasteiger partial charge in [-0.05, 0) is 59.0 Å². The Labute approximate surface area is 139 Å². The van der Waals surface area contributed by atoms with Crippen molar-refractivity contribution in [2.45, 2.75) is 13.0 Å². The van der Waals surface area contributed by atoms with Gasteiger partial charge in [0.15, 0.2) is 0 Å². The molecular weight excluding hydrogens is 439 g/mol. The zero-order valence-electron chi connectivity index (χ0n) is 10.8. The van der Waals surface area contributed by atoms with Crippen molar-refractivity contribution in [3.8, 4) is 0 Å². The van der Waals surface area contributed by atoms with Gasteiger partial charge in [-0.3, -0.25) is 0 Å². The first kappa shape index (κ1) is 15.9. The molecule has 1 unspecified atom stereocenters. The Morgan fingerprint density at radius 2 is 1.90 bits per heavy atom. The highest BCUT2D eigenvalue weighted by Crippen LogP contribution is 2.30. The average Bonchev–Trinajstić information content (AvgIpc) is 2.40. The van der Waals surface area contributed by atoms with Crippen molar-refractivity contribution in [2.24, 2.45) is 0 Å². The summed E-state index contributed by atoms with van der Waals surface area (Å²) < 4.78 is 29.1. The van der Waals surface area contributed by atoms with Crippen LogP contribution in [0.15, 0.2) is 40.9 Å². The molecular formula is C15H13BrF2IN. The smallest absolute Gasteiger partial charge is 0.131 e. The molecule has 0 bridgehead atoms. The van der Waals surface area contributed by atoms with Crippen LogP contribution in [0.5, 0.6) is 0 Å². The Morgan fingerprint density at radius 3 is 2.55 bits per heavy atom. The summed E-state index contributed by atoms with van der Waals surface area (Å²) in [6.45, 7) is 2.64. The maximum Gasteiger partial charge on any atom is 0.131 e. The van der Waals surface area contributed by atoms with E-state index in [1.807, 2.05) is 25.1 Å². The van der Waals surface area contributed by atoms with Gasteiger partial charge in [0.05, 0.1) is 6.04 Å². The zero-order chi connectivity index (χ0) is 14.7. The van der Waals surface area contributed by atoms with E-state index in [1.165, 1.54) is 12.1 Å². The van der Waals surface area contributed by atoms with E-state index in [9.17, 15) is 8.78 Å².